The van der Waals surface area contributed by atoms with Crippen LogP contribution >= 0.6 is 0 Å². The lowest BCUT2D eigenvalue weighted by Crippen LogP contribution is -2.27. The Bertz CT molecular complexity index is 431. The molecule has 0 spiro atoms. The predicted molar refractivity (Wildman–Crippen MR) is 69.6 cm³/mol. The lowest BCUT2D eigenvalue weighted by Gasteiger charge is -2.23. The minimum Gasteiger partial charge on any atom is -0.398 e. The molecule has 1 aliphatic rings. The number of nitrogens with two attached hydrogens (primary N) is 1. The molecule has 0 amide bonds. The summed E-state index contributed by atoms with van der Waals surface area (Å²) in [4.78, 5) is 10.3. The van der Waals surface area contributed by atoms with E-state index in [1.165, 1.54) is 18.6 Å². The second kappa shape index (κ2) is 5.68. The minimum absolute atomic E-state index is 0.00191. The quantitative estimate of drug-likeness (QED) is 0.486. The maximum absolute atomic E-state index is 10.7. The van der Waals surface area contributed by atoms with Gasteiger partial charge in [-0.1, -0.05) is 0 Å². The van der Waals surface area contributed by atoms with Crippen LogP contribution in [0.5, 0.6) is 0 Å². The molecule has 1 aromatic rings. The molecule has 2 rings (SSSR count). The zero-order valence-electron chi connectivity index (χ0n) is 10.1. The highest BCUT2D eigenvalue weighted by Crippen LogP contribution is 2.23. The molecular formula is C12H17N3O3. The summed E-state index contributed by atoms with van der Waals surface area (Å²) >= 11 is 0. The molecule has 1 saturated heterocycles. The first-order valence-corrected chi connectivity index (χ1v) is 6.05. The third kappa shape index (κ3) is 3.33. The number of hydrogen-bond donors (Lipinski definition) is 2. The summed E-state index contributed by atoms with van der Waals surface area (Å²) < 4.78 is 5.58. The SMILES string of the molecule is Nc1cc(NCC2CCCCO2)cc([N+](=O)[O-])c1. The summed E-state index contributed by atoms with van der Waals surface area (Å²) in [7, 11) is 0. The monoisotopic (exact) mass is 251 g/mol. The van der Waals surface area contributed by atoms with Gasteiger partial charge in [-0.25, -0.2) is 0 Å². The molecule has 0 aromatic heterocycles. The van der Waals surface area contributed by atoms with Crippen LogP contribution in [0.25, 0.3) is 0 Å². The molecule has 3 N–H and O–H groups in total. The fourth-order valence-corrected chi connectivity index (χ4v) is 2.04. The van der Waals surface area contributed by atoms with E-state index >= 15 is 0 Å². The Balaban J connectivity index is 1.97. The molecule has 1 unspecified atom stereocenters. The van der Waals surface area contributed by atoms with Gasteiger partial charge in [0.2, 0.25) is 0 Å². The Kier molecular flexibility index (Phi) is 3.99. The largest absolute Gasteiger partial charge is 0.398 e. The average Bonchev–Trinajstić information content (AvgIpc) is 2.37. The van der Waals surface area contributed by atoms with Crippen LogP contribution in [0.15, 0.2) is 18.2 Å². The first-order chi connectivity index (χ1) is 8.65. The average molecular weight is 251 g/mol. The van der Waals surface area contributed by atoms with E-state index < -0.39 is 4.92 Å². The molecule has 1 aliphatic heterocycles. The van der Waals surface area contributed by atoms with E-state index in [2.05, 4.69) is 5.32 Å². The van der Waals surface area contributed by atoms with Gasteiger partial charge in [0.1, 0.15) is 0 Å². The van der Waals surface area contributed by atoms with Gasteiger partial charge in [0, 0.05) is 36.7 Å². The van der Waals surface area contributed by atoms with Gasteiger partial charge in [0.25, 0.3) is 5.69 Å². The van der Waals surface area contributed by atoms with Gasteiger partial charge in [-0.05, 0) is 25.3 Å². The lowest BCUT2D eigenvalue weighted by molar-refractivity contribution is -0.384. The fourth-order valence-electron chi connectivity index (χ4n) is 2.04. The number of nitrogen functional groups attached to an aromatic ring is 1. The molecule has 6 nitrogen and oxygen atoms in total. The van der Waals surface area contributed by atoms with Gasteiger partial charge in [-0.3, -0.25) is 10.1 Å². The van der Waals surface area contributed by atoms with Crippen LogP contribution in [-0.4, -0.2) is 24.2 Å². The third-order valence-corrected chi connectivity index (χ3v) is 2.96. The molecular weight excluding hydrogens is 234 g/mol. The Morgan fingerprint density at radius 2 is 2.28 bits per heavy atom. The summed E-state index contributed by atoms with van der Waals surface area (Å²) in [5.41, 5.74) is 6.68. The number of nitrogens with one attached hydrogen (secondary N) is 1. The normalized spacial score (nSPS) is 19.4. The molecule has 0 bridgehead atoms. The number of non-ortho nitro benzene ring substituents is 1. The first kappa shape index (κ1) is 12.6. The highest BCUT2D eigenvalue weighted by atomic mass is 16.6. The molecule has 18 heavy (non-hydrogen) atoms. The summed E-state index contributed by atoms with van der Waals surface area (Å²) in [6.07, 6.45) is 3.49. The predicted octanol–water partition coefficient (Wildman–Crippen LogP) is 2.16. The maximum atomic E-state index is 10.7. The van der Waals surface area contributed by atoms with Gasteiger partial charge in [0.15, 0.2) is 0 Å². The summed E-state index contributed by atoms with van der Waals surface area (Å²) in [6, 6.07) is 4.53. The molecule has 98 valence electrons. The van der Waals surface area contributed by atoms with E-state index in [4.69, 9.17) is 10.5 Å². The molecule has 1 heterocycles. The van der Waals surface area contributed by atoms with Crippen molar-refractivity contribution in [2.75, 3.05) is 24.2 Å². The van der Waals surface area contributed by atoms with Crippen molar-refractivity contribution in [3.05, 3.63) is 28.3 Å². The van der Waals surface area contributed by atoms with Crippen molar-refractivity contribution in [1.82, 2.24) is 0 Å². The van der Waals surface area contributed by atoms with Crippen LogP contribution in [0.1, 0.15) is 19.3 Å². The van der Waals surface area contributed by atoms with Crippen LogP contribution in [0, 0.1) is 10.1 Å². The van der Waals surface area contributed by atoms with Crippen molar-refractivity contribution in [3.63, 3.8) is 0 Å². The van der Waals surface area contributed by atoms with E-state index in [1.807, 2.05) is 0 Å². The fraction of sp³-hybridized carbons (Fsp3) is 0.500. The zero-order chi connectivity index (χ0) is 13.0. The Morgan fingerprint density at radius 3 is 2.94 bits per heavy atom. The Labute approximate surface area is 105 Å². The summed E-state index contributed by atoms with van der Waals surface area (Å²) in [6.45, 7) is 1.45. The molecule has 1 atom stereocenters. The number of hydrogen-bond acceptors (Lipinski definition) is 5. The topological polar surface area (TPSA) is 90.4 Å². The molecule has 6 heteroatoms. The van der Waals surface area contributed by atoms with Crippen molar-refractivity contribution < 1.29 is 9.66 Å². The Morgan fingerprint density at radius 1 is 1.44 bits per heavy atom. The van der Waals surface area contributed by atoms with Gasteiger partial charge >= 0.3 is 0 Å². The number of nitro groups is 1. The van der Waals surface area contributed by atoms with Crippen LogP contribution in [0.2, 0.25) is 0 Å². The molecule has 1 aromatic carbocycles. The minimum atomic E-state index is -0.446. The van der Waals surface area contributed by atoms with Crippen molar-refractivity contribution in [1.29, 1.82) is 0 Å². The molecule has 0 aliphatic carbocycles. The Hall–Kier alpha value is -1.82. The number of nitro benzene ring substituents is 1. The second-order valence-corrected chi connectivity index (χ2v) is 4.44. The zero-order valence-corrected chi connectivity index (χ0v) is 10.1. The summed E-state index contributed by atoms with van der Waals surface area (Å²) in [5.74, 6) is 0. The van der Waals surface area contributed by atoms with E-state index in [-0.39, 0.29) is 11.8 Å². The van der Waals surface area contributed by atoms with Crippen molar-refractivity contribution in [2.24, 2.45) is 0 Å². The standard InChI is InChI=1S/C12H17N3O3/c13-9-5-10(7-11(6-9)15(16)17)14-8-12-3-1-2-4-18-12/h5-7,12,14H,1-4,8,13H2. The second-order valence-electron chi connectivity index (χ2n) is 4.44. The number of benzene rings is 1. The van der Waals surface area contributed by atoms with Gasteiger partial charge < -0.3 is 15.8 Å². The summed E-state index contributed by atoms with van der Waals surface area (Å²) in [5, 5.41) is 13.8. The number of ether oxygens (including phenoxy) is 1. The maximum Gasteiger partial charge on any atom is 0.273 e. The van der Waals surface area contributed by atoms with Crippen molar-refractivity contribution in [3.8, 4) is 0 Å². The van der Waals surface area contributed by atoms with Crippen LogP contribution in [-0.2, 0) is 4.74 Å². The number of anilines is 2. The highest BCUT2D eigenvalue weighted by molar-refractivity contribution is 5.61. The van der Waals surface area contributed by atoms with Gasteiger partial charge in [0.05, 0.1) is 11.0 Å². The van der Waals surface area contributed by atoms with E-state index in [1.54, 1.807) is 6.07 Å². The molecule has 0 saturated carbocycles. The first-order valence-electron chi connectivity index (χ1n) is 6.05. The van der Waals surface area contributed by atoms with E-state index in [0.29, 0.717) is 17.9 Å². The lowest BCUT2D eigenvalue weighted by atomic mass is 10.1. The number of nitrogens with zero attached hydrogens (tertiary/aromatic N) is 1. The van der Waals surface area contributed by atoms with E-state index in [9.17, 15) is 10.1 Å². The van der Waals surface area contributed by atoms with Gasteiger partial charge in [-0.2, -0.15) is 0 Å². The highest BCUT2D eigenvalue weighted by Gasteiger charge is 2.14. The third-order valence-electron chi connectivity index (χ3n) is 2.96. The molecule has 1 fully saturated rings. The van der Waals surface area contributed by atoms with E-state index in [0.717, 1.165) is 19.4 Å². The smallest absolute Gasteiger partial charge is 0.273 e. The number of rotatable bonds is 4. The van der Waals surface area contributed by atoms with Crippen LogP contribution in [0.4, 0.5) is 17.1 Å². The van der Waals surface area contributed by atoms with Gasteiger partial charge in [-0.15, -0.1) is 0 Å². The van der Waals surface area contributed by atoms with Crippen LogP contribution < -0.4 is 11.1 Å². The van der Waals surface area contributed by atoms with Crippen LogP contribution in [0.3, 0.4) is 0 Å². The van der Waals surface area contributed by atoms with Crippen molar-refractivity contribution in [2.45, 2.75) is 25.4 Å². The molecule has 0 radical (unpaired) electrons. The van der Waals surface area contributed by atoms with Crippen molar-refractivity contribution >= 4 is 17.1 Å².